The van der Waals surface area contributed by atoms with Gasteiger partial charge in [0.05, 0.1) is 17.1 Å². The lowest BCUT2D eigenvalue weighted by Gasteiger charge is -2.08. The van der Waals surface area contributed by atoms with Crippen molar-refractivity contribution >= 4 is 5.69 Å². The number of aromatic nitrogens is 2. The van der Waals surface area contributed by atoms with Gasteiger partial charge in [0.15, 0.2) is 0 Å². The summed E-state index contributed by atoms with van der Waals surface area (Å²) in [5, 5.41) is 0. The fraction of sp³-hybridized carbons (Fsp3) is 0.250. The summed E-state index contributed by atoms with van der Waals surface area (Å²) in [6.07, 6.45) is 0. The van der Waals surface area contributed by atoms with Crippen molar-refractivity contribution in [3.8, 4) is 5.69 Å². The van der Waals surface area contributed by atoms with Crippen molar-refractivity contribution in [1.82, 2.24) is 9.55 Å². The maximum atomic E-state index is 13.4. The number of hydrogen-bond donors (Lipinski definition) is 1. The highest BCUT2D eigenvalue weighted by Gasteiger charge is 2.10. The third kappa shape index (κ3) is 1.56. The van der Waals surface area contributed by atoms with Crippen LogP contribution in [0.5, 0.6) is 0 Å². The highest BCUT2D eigenvalue weighted by Crippen LogP contribution is 2.20. The molecule has 0 aliphatic rings. The minimum absolute atomic E-state index is 0.163. The van der Waals surface area contributed by atoms with Crippen molar-refractivity contribution in [3.05, 3.63) is 41.2 Å². The predicted molar refractivity (Wildman–Crippen MR) is 62.1 cm³/mol. The molecule has 3 nitrogen and oxygen atoms in total. The molecule has 1 heterocycles. The maximum Gasteiger partial charge on any atom is 0.148 e. The Hall–Kier alpha value is -1.84. The van der Waals surface area contributed by atoms with E-state index in [4.69, 9.17) is 5.73 Å². The summed E-state index contributed by atoms with van der Waals surface area (Å²) in [6, 6.07) is 4.79. The first-order valence-corrected chi connectivity index (χ1v) is 5.08. The van der Waals surface area contributed by atoms with Gasteiger partial charge in [0, 0.05) is 11.8 Å². The minimum atomic E-state index is -0.400. The molecule has 2 N–H and O–H groups in total. The molecule has 0 bridgehead atoms. The van der Waals surface area contributed by atoms with Crippen LogP contribution in [0.3, 0.4) is 0 Å². The number of anilines is 1. The number of hydrogen-bond acceptors (Lipinski definition) is 2. The Labute approximate surface area is 93.7 Å². The van der Waals surface area contributed by atoms with Gasteiger partial charge in [-0.05, 0) is 32.9 Å². The largest absolute Gasteiger partial charge is 0.396 e. The summed E-state index contributed by atoms with van der Waals surface area (Å²) in [7, 11) is 0. The molecule has 0 spiro atoms. The van der Waals surface area contributed by atoms with E-state index in [1.165, 1.54) is 6.07 Å². The van der Waals surface area contributed by atoms with Gasteiger partial charge in [-0.1, -0.05) is 0 Å². The number of nitrogens with zero attached hydrogens (tertiary/aromatic N) is 2. The first kappa shape index (κ1) is 10.7. The zero-order valence-electron chi connectivity index (χ0n) is 9.58. The molecular weight excluding hydrogens is 205 g/mol. The van der Waals surface area contributed by atoms with E-state index in [0.29, 0.717) is 0 Å². The molecule has 1 aromatic carbocycles. The highest BCUT2D eigenvalue weighted by atomic mass is 19.1. The van der Waals surface area contributed by atoms with Gasteiger partial charge in [-0.3, -0.25) is 0 Å². The Kier molecular flexibility index (Phi) is 2.42. The Morgan fingerprint density at radius 1 is 1.25 bits per heavy atom. The number of rotatable bonds is 1. The summed E-state index contributed by atoms with van der Waals surface area (Å²) < 4.78 is 15.3. The van der Waals surface area contributed by atoms with Gasteiger partial charge >= 0.3 is 0 Å². The quantitative estimate of drug-likeness (QED) is 0.749. The Balaban J connectivity index is 2.63. The van der Waals surface area contributed by atoms with Crippen LogP contribution < -0.4 is 5.73 Å². The standard InChI is InChI=1S/C12H14FN3/c1-7-8(2)16(9(3)15-7)10-4-5-12(14)11(13)6-10/h4-6H,14H2,1-3H3. The van der Waals surface area contributed by atoms with Crippen LogP contribution in [-0.4, -0.2) is 9.55 Å². The summed E-state index contributed by atoms with van der Waals surface area (Å²) in [5.74, 6) is 0.446. The lowest BCUT2D eigenvalue weighted by Crippen LogP contribution is -2.01. The molecule has 1 aromatic heterocycles. The minimum Gasteiger partial charge on any atom is -0.396 e. The second kappa shape index (κ2) is 3.63. The average molecular weight is 219 g/mol. The van der Waals surface area contributed by atoms with Gasteiger partial charge in [0.25, 0.3) is 0 Å². The number of aryl methyl sites for hydroxylation is 2. The number of halogens is 1. The molecule has 0 saturated heterocycles. The van der Waals surface area contributed by atoms with E-state index in [0.717, 1.165) is 22.9 Å². The van der Waals surface area contributed by atoms with Crippen LogP contribution in [0.15, 0.2) is 18.2 Å². The van der Waals surface area contributed by atoms with Crippen molar-refractivity contribution in [3.63, 3.8) is 0 Å². The number of nitrogens with two attached hydrogens (primary N) is 1. The van der Waals surface area contributed by atoms with E-state index in [-0.39, 0.29) is 5.69 Å². The third-order valence-electron chi connectivity index (χ3n) is 2.75. The zero-order chi connectivity index (χ0) is 11.9. The van der Waals surface area contributed by atoms with Crippen molar-refractivity contribution in [1.29, 1.82) is 0 Å². The van der Waals surface area contributed by atoms with Gasteiger partial charge in [-0.2, -0.15) is 0 Å². The zero-order valence-corrected chi connectivity index (χ0v) is 9.58. The van der Waals surface area contributed by atoms with Gasteiger partial charge in [-0.25, -0.2) is 9.37 Å². The van der Waals surface area contributed by atoms with E-state index in [1.54, 1.807) is 12.1 Å². The van der Waals surface area contributed by atoms with Gasteiger partial charge in [0.1, 0.15) is 11.6 Å². The molecule has 0 atom stereocenters. The molecule has 0 fully saturated rings. The maximum absolute atomic E-state index is 13.4. The first-order chi connectivity index (χ1) is 7.50. The van der Waals surface area contributed by atoms with Gasteiger partial charge in [0.2, 0.25) is 0 Å². The third-order valence-corrected chi connectivity index (χ3v) is 2.75. The van der Waals surface area contributed by atoms with E-state index in [9.17, 15) is 4.39 Å². The Morgan fingerprint density at radius 2 is 1.94 bits per heavy atom. The molecule has 4 heteroatoms. The van der Waals surface area contributed by atoms with Crippen LogP contribution in [0.1, 0.15) is 17.2 Å². The molecule has 0 saturated carbocycles. The lowest BCUT2D eigenvalue weighted by molar-refractivity contribution is 0.631. The molecule has 2 aromatic rings. The molecule has 0 aliphatic carbocycles. The summed E-state index contributed by atoms with van der Waals surface area (Å²) >= 11 is 0. The van der Waals surface area contributed by atoms with Gasteiger partial charge < -0.3 is 10.3 Å². The van der Waals surface area contributed by atoms with Crippen LogP contribution >= 0.6 is 0 Å². The van der Waals surface area contributed by atoms with Crippen LogP contribution in [-0.2, 0) is 0 Å². The second-order valence-electron chi connectivity index (χ2n) is 3.87. The molecule has 16 heavy (non-hydrogen) atoms. The van der Waals surface area contributed by atoms with Crippen LogP contribution in [0, 0.1) is 26.6 Å². The fourth-order valence-corrected chi connectivity index (χ4v) is 1.81. The highest BCUT2D eigenvalue weighted by molar-refractivity contribution is 5.48. The predicted octanol–water partition coefficient (Wildman–Crippen LogP) is 2.52. The molecule has 0 aliphatic heterocycles. The second-order valence-corrected chi connectivity index (χ2v) is 3.87. The Bertz CT molecular complexity index is 543. The molecule has 0 unspecified atom stereocenters. The summed E-state index contributed by atoms with van der Waals surface area (Å²) in [5.41, 5.74) is 8.33. The first-order valence-electron chi connectivity index (χ1n) is 5.08. The lowest BCUT2D eigenvalue weighted by atomic mass is 10.2. The Morgan fingerprint density at radius 3 is 2.44 bits per heavy atom. The molecular formula is C12H14FN3. The van der Waals surface area contributed by atoms with Crippen molar-refractivity contribution in [2.75, 3.05) is 5.73 Å². The SMILES string of the molecule is Cc1nc(C)n(-c2ccc(N)c(F)c2)c1C. The molecule has 84 valence electrons. The average Bonchev–Trinajstić information content (AvgIpc) is 2.47. The van der Waals surface area contributed by atoms with Crippen LogP contribution in [0.4, 0.5) is 10.1 Å². The van der Waals surface area contributed by atoms with Gasteiger partial charge in [-0.15, -0.1) is 0 Å². The monoisotopic (exact) mass is 219 g/mol. The smallest absolute Gasteiger partial charge is 0.148 e. The topological polar surface area (TPSA) is 43.8 Å². The van der Waals surface area contributed by atoms with E-state index in [1.807, 2.05) is 25.3 Å². The summed E-state index contributed by atoms with van der Waals surface area (Å²) in [4.78, 5) is 4.35. The van der Waals surface area contributed by atoms with E-state index >= 15 is 0 Å². The van der Waals surface area contributed by atoms with Crippen molar-refractivity contribution < 1.29 is 4.39 Å². The fourth-order valence-electron chi connectivity index (χ4n) is 1.81. The van der Waals surface area contributed by atoms with Crippen molar-refractivity contribution in [2.24, 2.45) is 0 Å². The van der Waals surface area contributed by atoms with Crippen molar-refractivity contribution in [2.45, 2.75) is 20.8 Å². The number of imidazole rings is 1. The normalized spacial score (nSPS) is 10.8. The number of benzene rings is 1. The van der Waals surface area contributed by atoms with E-state index in [2.05, 4.69) is 4.98 Å². The van der Waals surface area contributed by atoms with Crippen LogP contribution in [0.25, 0.3) is 5.69 Å². The summed E-state index contributed by atoms with van der Waals surface area (Å²) in [6.45, 7) is 5.80. The van der Waals surface area contributed by atoms with Crippen LogP contribution in [0.2, 0.25) is 0 Å². The molecule has 0 amide bonds. The molecule has 2 rings (SSSR count). The molecule has 0 radical (unpaired) electrons. The van der Waals surface area contributed by atoms with E-state index < -0.39 is 5.82 Å². The number of nitrogen functional groups attached to an aromatic ring is 1.